The predicted molar refractivity (Wildman–Crippen MR) is 106 cm³/mol. The highest BCUT2D eigenvalue weighted by Gasteiger charge is 2.17. The summed E-state index contributed by atoms with van der Waals surface area (Å²) in [5.74, 6) is 0.842. The molecule has 0 aliphatic carbocycles. The van der Waals surface area contributed by atoms with E-state index in [-0.39, 0.29) is 5.78 Å². The third-order valence-electron chi connectivity index (χ3n) is 4.55. The molecule has 0 amide bonds. The predicted octanol–water partition coefficient (Wildman–Crippen LogP) is 4.00. The number of ether oxygens (including phenoxy) is 1. The second-order valence-corrected chi connectivity index (χ2v) is 7.40. The van der Waals surface area contributed by atoms with Crippen molar-refractivity contribution in [2.75, 3.05) is 39.8 Å². The zero-order valence-electron chi connectivity index (χ0n) is 14.8. The number of nitrogens with zero attached hydrogens (tertiary/aromatic N) is 2. The van der Waals surface area contributed by atoms with Gasteiger partial charge in [0.25, 0.3) is 0 Å². The Bertz CT molecular complexity index is 757. The van der Waals surface area contributed by atoms with Gasteiger partial charge in [-0.1, -0.05) is 29.3 Å². The summed E-state index contributed by atoms with van der Waals surface area (Å²) < 4.78 is 5.75. The molecule has 1 aliphatic heterocycles. The van der Waals surface area contributed by atoms with Gasteiger partial charge in [-0.05, 0) is 43.4 Å². The average Bonchev–Trinajstić information content (AvgIpc) is 2.63. The van der Waals surface area contributed by atoms with E-state index in [1.54, 1.807) is 12.1 Å². The van der Waals surface area contributed by atoms with E-state index in [0.29, 0.717) is 34.5 Å². The third kappa shape index (κ3) is 5.21. The van der Waals surface area contributed by atoms with Crippen LogP contribution in [0.3, 0.4) is 0 Å². The maximum Gasteiger partial charge on any atom is 0.176 e. The van der Waals surface area contributed by atoms with Gasteiger partial charge in [-0.25, -0.2) is 0 Å². The summed E-state index contributed by atoms with van der Waals surface area (Å²) in [6.45, 7) is 4.70. The Morgan fingerprint density at radius 2 is 1.73 bits per heavy atom. The van der Waals surface area contributed by atoms with Crippen LogP contribution in [0.25, 0.3) is 0 Å². The summed E-state index contributed by atoms with van der Waals surface area (Å²) in [5.41, 5.74) is 1.58. The minimum atomic E-state index is 0.141. The highest BCUT2D eigenvalue weighted by atomic mass is 35.5. The summed E-state index contributed by atoms with van der Waals surface area (Å²) in [6, 6.07) is 12.6. The van der Waals surface area contributed by atoms with E-state index < -0.39 is 0 Å². The van der Waals surface area contributed by atoms with Crippen molar-refractivity contribution in [2.45, 2.75) is 6.61 Å². The Labute approximate surface area is 164 Å². The van der Waals surface area contributed by atoms with Gasteiger partial charge in [-0.3, -0.25) is 9.69 Å². The number of carbonyl (C=O) groups is 1. The molecule has 0 atom stereocenters. The van der Waals surface area contributed by atoms with Crippen LogP contribution in [0, 0.1) is 0 Å². The van der Waals surface area contributed by atoms with Crippen molar-refractivity contribution in [1.82, 2.24) is 9.80 Å². The quantitative estimate of drug-likeness (QED) is 0.695. The van der Waals surface area contributed by atoms with Crippen LogP contribution >= 0.6 is 23.2 Å². The van der Waals surface area contributed by atoms with Crippen molar-refractivity contribution in [1.29, 1.82) is 0 Å². The molecule has 0 aromatic heterocycles. The molecule has 0 unspecified atom stereocenters. The Morgan fingerprint density at radius 1 is 1.04 bits per heavy atom. The van der Waals surface area contributed by atoms with Crippen molar-refractivity contribution >= 4 is 29.0 Å². The molecule has 1 saturated heterocycles. The molecule has 0 saturated carbocycles. The molecule has 138 valence electrons. The fourth-order valence-electron chi connectivity index (χ4n) is 2.84. The number of piperazine rings is 1. The van der Waals surface area contributed by atoms with Crippen molar-refractivity contribution < 1.29 is 9.53 Å². The molecule has 1 heterocycles. The lowest BCUT2D eigenvalue weighted by Gasteiger charge is -2.31. The number of likely N-dealkylation sites (N-methyl/N-ethyl adjacent to an activating group) is 1. The number of ketones is 1. The van der Waals surface area contributed by atoms with Gasteiger partial charge < -0.3 is 9.64 Å². The second-order valence-electron chi connectivity index (χ2n) is 6.55. The molecule has 4 nitrogen and oxygen atoms in total. The zero-order valence-corrected chi connectivity index (χ0v) is 16.3. The van der Waals surface area contributed by atoms with E-state index in [4.69, 9.17) is 27.9 Å². The van der Waals surface area contributed by atoms with Gasteiger partial charge >= 0.3 is 0 Å². The average molecular weight is 393 g/mol. The largest absolute Gasteiger partial charge is 0.489 e. The first-order valence-electron chi connectivity index (χ1n) is 8.62. The van der Waals surface area contributed by atoms with Crippen LogP contribution in [-0.2, 0) is 6.61 Å². The fraction of sp³-hybridized carbons (Fsp3) is 0.350. The van der Waals surface area contributed by atoms with E-state index in [1.165, 1.54) is 0 Å². The lowest BCUT2D eigenvalue weighted by atomic mass is 10.1. The van der Waals surface area contributed by atoms with E-state index >= 15 is 0 Å². The van der Waals surface area contributed by atoms with Gasteiger partial charge in [-0.2, -0.15) is 0 Å². The molecule has 1 fully saturated rings. The highest BCUT2D eigenvalue weighted by molar-refractivity contribution is 6.35. The molecule has 3 rings (SSSR count). The molecule has 0 bridgehead atoms. The van der Waals surface area contributed by atoms with Crippen LogP contribution in [-0.4, -0.2) is 55.4 Å². The second kappa shape index (κ2) is 8.87. The summed E-state index contributed by atoms with van der Waals surface area (Å²) in [6.07, 6.45) is 0. The smallest absolute Gasteiger partial charge is 0.176 e. The van der Waals surface area contributed by atoms with Gasteiger partial charge in [-0.15, -0.1) is 0 Å². The molecule has 0 N–H and O–H groups in total. The molecule has 0 radical (unpaired) electrons. The van der Waals surface area contributed by atoms with Crippen molar-refractivity contribution in [2.24, 2.45) is 0 Å². The van der Waals surface area contributed by atoms with Crippen molar-refractivity contribution in [3.63, 3.8) is 0 Å². The SMILES string of the molecule is CN1CCN(CC(=O)c2ccc(OCc3ccc(Cl)cc3Cl)cc2)CC1. The third-order valence-corrected chi connectivity index (χ3v) is 5.14. The van der Waals surface area contributed by atoms with E-state index in [9.17, 15) is 4.79 Å². The van der Waals surface area contributed by atoms with E-state index in [2.05, 4.69) is 16.8 Å². The molecule has 2 aromatic carbocycles. The van der Waals surface area contributed by atoms with E-state index in [1.807, 2.05) is 30.3 Å². The number of hydrogen-bond donors (Lipinski definition) is 0. The van der Waals surface area contributed by atoms with Gasteiger partial charge in [0.1, 0.15) is 12.4 Å². The first kappa shape index (κ1) is 19.2. The number of halogens is 2. The topological polar surface area (TPSA) is 32.8 Å². The molecule has 0 spiro atoms. The Morgan fingerprint density at radius 3 is 2.38 bits per heavy atom. The summed E-state index contributed by atoms with van der Waals surface area (Å²) in [4.78, 5) is 16.9. The van der Waals surface area contributed by atoms with Gasteiger partial charge in [0, 0.05) is 47.4 Å². The maximum atomic E-state index is 12.4. The Balaban J connectivity index is 1.53. The summed E-state index contributed by atoms with van der Waals surface area (Å²) in [7, 11) is 2.11. The number of hydrogen-bond acceptors (Lipinski definition) is 4. The van der Waals surface area contributed by atoms with Crippen LogP contribution in [0.1, 0.15) is 15.9 Å². The number of rotatable bonds is 6. The normalized spacial score (nSPS) is 15.8. The van der Waals surface area contributed by atoms with E-state index in [0.717, 1.165) is 31.7 Å². The monoisotopic (exact) mass is 392 g/mol. The molecule has 6 heteroatoms. The summed E-state index contributed by atoms with van der Waals surface area (Å²) >= 11 is 12.0. The van der Waals surface area contributed by atoms with Crippen LogP contribution in [0.15, 0.2) is 42.5 Å². The maximum absolute atomic E-state index is 12.4. The lowest BCUT2D eigenvalue weighted by Crippen LogP contribution is -2.46. The van der Waals surface area contributed by atoms with Gasteiger partial charge in [0.05, 0.1) is 6.54 Å². The first-order valence-corrected chi connectivity index (χ1v) is 9.38. The minimum absolute atomic E-state index is 0.141. The van der Waals surface area contributed by atoms with Crippen LogP contribution in [0.2, 0.25) is 10.0 Å². The van der Waals surface area contributed by atoms with Crippen LogP contribution in [0.5, 0.6) is 5.75 Å². The van der Waals surface area contributed by atoms with Gasteiger partial charge in [0.15, 0.2) is 5.78 Å². The molecular weight excluding hydrogens is 371 g/mol. The number of carbonyl (C=O) groups excluding carboxylic acids is 1. The first-order chi connectivity index (χ1) is 12.5. The molecule has 26 heavy (non-hydrogen) atoms. The lowest BCUT2D eigenvalue weighted by molar-refractivity contribution is 0.0876. The van der Waals surface area contributed by atoms with Crippen LogP contribution < -0.4 is 4.74 Å². The highest BCUT2D eigenvalue weighted by Crippen LogP contribution is 2.23. The van der Waals surface area contributed by atoms with Crippen LogP contribution in [0.4, 0.5) is 0 Å². The number of benzene rings is 2. The number of Topliss-reactive ketones (excluding diaryl/α,β-unsaturated/α-hetero) is 1. The zero-order chi connectivity index (χ0) is 18.5. The molecular formula is C20H22Cl2N2O2. The van der Waals surface area contributed by atoms with Gasteiger partial charge in [0.2, 0.25) is 0 Å². The van der Waals surface area contributed by atoms with Crippen molar-refractivity contribution in [3.05, 3.63) is 63.6 Å². The molecule has 2 aromatic rings. The standard InChI is InChI=1S/C20H22Cl2N2O2/c1-23-8-10-24(11-9-23)13-20(25)15-3-6-18(7-4-15)26-14-16-2-5-17(21)12-19(16)22/h2-7,12H,8-11,13-14H2,1H3. The molecule has 1 aliphatic rings. The summed E-state index contributed by atoms with van der Waals surface area (Å²) in [5, 5.41) is 1.18. The Kier molecular flexibility index (Phi) is 6.54. The Hall–Kier alpha value is -1.59. The minimum Gasteiger partial charge on any atom is -0.489 e. The van der Waals surface area contributed by atoms with Crippen molar-refractivity contribution in [3.8, 4) is 5.75 Å². The fourth-order valence-corrected chi connectivity index (χ4v) is 3.30.